The number of nitrogens with zero attached hydrogens (tertiary/aromatic N) is 2. The van der Waals surface area contributed by atoms with Crippen molar-refractivity contribution >= 4 is 21.6 Å². The Morgan fingerprint density at radius 2 is 2.07 bits per heavy atom. The largest absolute Gasteiger partial charge is 0.493 e. The Kier molecular flexibility index (Phi) is 6.26. The molecule has 0 saturated heterocycles. The molecule has 6 nitrogen and oxygen atoms in total. The van der Waals surface area contributed by atoms with Crippen LogP contribution in [0.5, 0.6) is 5.75 Å². The fraction of sp³-hybridized carbons (Fsp3) is 0.500. The van der Waals surface area contributed by atoms with Crippen LogP contribution in [0.25, 0.3) is 5.69 Å². The van der Waals surface area contributed by atoms with Gasteiger partial charge in [0.2, 0.25) is 15.9 Å². The normalized spacial score (nSPS) is 22.1. The Balaban J connectivity index is 1.66. The number of hydrogen-bond donors (Lipinski definition) is 1. The summed E-state index contributed by atoms with van der Waals surface area (Å²) >= 11 is 5.85. The zero-order valence-corrected chi connectivity index (χ0v) is 16.9. The van der Waals surface area contributed by atoms with E-state index in [2.05, 4.69) is 9.82 Å². The Morgan fingerprint density at radius 3 is 2.68 bits per heavy atom. The van der Waals surface area contributed by atoms with Crippen molar-refractivity contribution < 1.29 is 21.9 Å². The van der Waals surface area contributed by atoms with Crippen molar-refractivity contribution in [2.45, 2.75) is 38.2 Å². The highest BCUT2D eigenvalue weighted by Gasteiger charge is 2.42. The topological polar surface area (TPSA) is 73.2 Å². The van der Waals surface area contributed by atoms with Gasteiger partial charge in [-0.05, 0) is 37.6 Å². The first-order valence-electron chi connectivity index (χ1n) is 8.99. The molecule has 1 aliphatic rings. The third kappa shape index (κ3) is 5.42. The van der Waals surface area contributed by atoms with Crippen LogP contribution < -0.4 is 9.46 Å². The second-order valence-corrected chi connectivity index (χ2v) is 9.37. The Hall–Kier alpha value is -1.71. The van der Waals surface area contributed by atoms with Crippen LogP contribution in [0.1, 0.15) is 26.2 Å². The van der Waals surface area contributed by atoms with Gasteiger partial charge in [-0.1, -0.05) is 11.6 Å². The lowest BCUT2D eigenvalue weighted by atomic mass is 9.83. The molecule has 1 aromatic carbocycles. The number of halogens is 3. The van der Waals surface area contributed by atoms with E-state index in [1.807, 2.05) is 0 Å². The highest BCUT2D eigenvalue weighted by atomic mass is 35.5. The van der Waals surface area contributed by atoms with Crippen molar-refractivity contribution in [3.05, 3.63) is 41.7 Å². The maximum absolute atomic E-state index is 13.9. The average molecular weight is 434 g/mol. The Bertz CT molecular complexity index is 903. The molecule has 0 radical (unpaired) electrons. The molecule has 3 rings (SSSR count). The van der Waals surface area contributed by atoms with E-state index in [1.54, 1.807) is 35.1 Å². The van der Waals surface area contributed by atoms with E-state index < -0.39 is 34.3 Å². The van der Waals surface area contributed by atoms with Gasteiger partial charge in [-0.15, -0.1) is 0 Å². The predicted molar refractivity (Wildman–Crippen MR) is 103 cm³/mol. The molecular weight excluding hydrogens is 412 g/mol. The van der Waals surface area contributed by atoms with Crippen molar-refractivity contribution in [2.24, 2.45) is 5.92 Å². The summed E-state index contributed by atoms with van der Waals surface area (Å²) < 4.78 is 61.3. The van der Waals surface area contributed by atoms with Gasteiger partial charge in [0.1, 0.15) is 5.75 Å². The standard InChI is InChI=1S/C18H22ClF2N3O3S/c1-2-28(25,26)23-17-7-8-18(20,21)9-13(17)12-27-16-5-3-15(4-6-16)24-11-14(19)10-22-24/h3-6,10-11,13,17,23H,2,7-9,12H2,1H3/t13-,17+/m1/s1. The number of ether oxygens (including phenoxy) is 1. The first-order chi connectivity index (χ1) is 13.2. The summed E-state index contributed by atoms with van der Waals surface area (Å²) in [6.07, 6.45) is 2.52. The molecular formula is C18H22ClF2N3O3S. The monoisotopic (exact) mass is 433 g/mol. The second-order valence-electron chi connectivity index (χ2n) is 6.89. The fourth-order valence-electron chi connectivity index (χ4n) is 3.21. The van der Waals surface area contributed by atoms with E-state index in [-0.39, 0.29) is 25.2 Å². The lowest BCUT2D eigenvalue weighted by Crippen LogP contribution is -2.48. The van der Waals surface area contributed by atoms with Gasteiger partial charge in [0.25, 0.3) is 0 Å². The number of hydrogen-bond acceptors (Lipinski definition) is 4. The maximum atomic E-state index is 13.9. The van der Waals surface area contributed by atoms with E-state index in [0.717, 1.165) is 5.69 Å². The molecule has 10 heteroatoms. The van der Waals surface area contributed by atoms with Gasteiger partial charge in [-0.25, -0.2) is 26.6 Å². The smallest absolute Gasteiger partial charge is 0.248 e. The molecule has 2 atom stereocenters. The number of sulfonamides is 1. The second kappa shape index (κ2) is 8.34. The number of benzene rings is 1. The first-order valence-corrected chi connectivity index (χ1v) is 11.0. The van der Waals surface area contributed by atoms with Crippen LogP contribution in [0.15, 0.2) is 36.7 Å². The molecule has 0 amide bonds. The zero-order chi connectivity index (χ0) is 20.4. The minimum Gasteiger partial charge on any atom is -0.493 e. The van der Waals surface area contributed by atoms with Crippen LogP contribution in [0.3, 0.4) is 0 Å². The van der Waals surface area contributed by atoms with Gasteiger partial charge in [0, 0.05) is 31.0 Å². The van der Waals surface area contributed by atoms with Gasteiger partial charge in [0.05, 0.1) is 29.3 Å². The quantitative estimate of drug-likeness (QED) is 0.723. The van der Waals surface area contributed by atoms with E-state index in [0.29, 0.717) is 10.8 Å². The molecule has 28 heavy (non-hydrogen) atoms. The molecule has 1 aromatic heterocycles. The third-order valence-electron chi connectivity index (χ3n) is 4.78. The molecule has 1 heterocycles. The molecule has 1 aliphatic carbocycles. The zero-order valence-electron chi connectivity index (χ0n) is 15.3. The van der Waals surface area contributed by atoms with E-state index in [9.17, 15) is 17.2 Å². The van der Waals surface area contributed by atoms with Gasteiger partial charge in [0.15, 0.2) is 0 Å². The molecule has 1 saturated carbocycles. The molecule has 0 unspecified atom stereocenters. The Labute approximate surface area is 167 Å². The van der Waals surface area contributed by atoms with E-state index >= 15 is 0 Å². The van der Waals surface area contributed by atoms with Crippen LogP contribution in [0, 0.1) is 5.92 Å². The summed E-state index contributed by atoms with van der Waals surface area (Å²) in [5.41, 5.74) is 0.775. The molecule has 154 valence electrons. The summed E-state index contributed by atoms with van der Waals surface area (Å²) in [5, 5.41) is 4.61. The molecule has 1 N–H and O–H groups in total. The van der Waals surface area contributed by atoms with Gasteiger partial charge in [-0.3, -0.25) is 0 Å². The molecule has 2 aromatic rings. The van der Waals surface area contributed by atoms with E-state index in [1.165, 1.54) is 13.1 Å². The third-order valence-corrected chi connectivity index (χ3v) is 6.40. The highest BCUT2D eigenvalue weighted by Crippen LogP contribution is 2.37. The molecule has 0 bridgehead atoms. The minimum atomic E-state index is -3.48. The lowest BCUT2D eigenvalue weighted by molar-refractivity contribution is -0.0660. The Morgan fingerprint density at radius 1 is 1.36 bits per heavy atom. The van der Waals surface area contributed by atoms with Crippen molar-refractivity contribution in [2.75, 3.05) is 12.4 Å². The summed E-state index contributed by atoms with van der Waals surface area (Å²) in [4.78, 5) is 0. The number of nitrogens with one attached hydrogen (secondary N) is 1. The first kappa shape index (κ1) is 21.0. The van der Waals surface area contributed by atoms with Crippen LogP contribution >= 0.6 is 11.6 Å². The minimum absolute atomic E-state index is 0.000560. The van der Waals surface area contributed by atoms with Crippen LogP contribution in [0.4, 0.5) is 8.78 Å². The van der Waals surface area contributed by atoms with Gasteiger partial charge in [-0.2, -0.15) is 5.10 Å². The van der Waals surface area contributed by atoms with Crippen LogP contribution in [0.2, 0.25) is 5.02 Å². The number of rotatable bonds is 7. The van der Waals surface area contributed by atoms with Crippen LogP contribution in [-0.4, -0.2) is 42.5 Å². The lowest BCUT2D eigenvalue weighted by Gasteiger charge is -2.36. The summed E-state index contributed by atoms with van der Waals surface area (Å²) in [6, 6.07) is 6.39. The molecule has 0 spiro atoms. The average Bonchev–Trinajstić information content (AvgIpc) is 3.08. The number of alkyl halides is 2. The van der Waals surface area contributed by atoms with Gasteiger partial charge < -0.3 is 4.74 Å². The van der Waals surface area contributed by atoms with Crippen molar-refractivity contribution in [1.29, 1.82) is 0 Å². The molecule has 0 aliphatic heterocycles. The van der Waals surface area contributed by atoms with Gasteiger partial charge >= 0.3 is 0 Å². The SMILES string of the molecule is CCS(=O)(=O)N[C@H]1CCC(F)(F)C[C@@H]1COc1ccc(-n2cc(Cl)cn2)cc1. The number of aromatic nitrogens is 2. The predicted octanol–water partition coefficient (Wildman–Crippen LogP) is 3.65. The highest BCUT2D eigenvalue weighted by molar-refractivity contribution is 7.89. The summed E-state index contributed by atoms with van der Waals surface area (Å²) in [7, 11) is -3.48. The molecule has 1 fully saturated rings. The van der Waals surface area contributed by atoms with Crippen molar-refractivity contribution in [3.63, 3.8) is 0 Å². The van der Waals surface area contributed by atoms with Crippen LogP contribution in [-0.2, 0) is 10.0 Å². The maximum Gasteiger partial charge on any atom is 0.248 e. The summed E-state index contributed by atoms with van der Waals surface area (Å²) in [5.74, 6) is -3.01. The fourth-order valence-corrected chi connectivity index (χ4v) is 4.29. The van der Waals surface area contributed by atoms with E-state index in [4.69, 9.17) is 16.3 Å². The van der Waals surface area contributed by atoms with Crippen molar-refractivity contribution in [1.82, 2.24) is 14.5 Å². The van der Waals surface area contributed by atoms with Crippen molar-refractivity contribution in [3.8, 4) is 11.4 Å². The summed E-state index contributed by atoms with van der Waals surface area (Å²) in [6.45, 7) is 1.51.